The van der Waals surface area contributed by atoms with Gasteiger partial charge in [-0.05, 0) is 25.1 Å². The molecule has 0 saturated carbocycles. The molecule has 0 aliphatic rings. The molecule has 0 radical (unpaired) electrons. The summed E-state index contributed by atoms with van der Waals surface area (Å²) in [7, 11) is 0. The summed E-state index contributed by atoms with van der Waals surface area (Å²) in [6, 6.07) is 7.65. The average molecular weight is 349 g/mol. The van der Waals surface area contributed by atoms with Crippen molar-refractivity contribution >= 4 is 51.6 Å². The molecule has 3 rings (SSSR count). The van der Waals surface area contributed by atoms with E-state index in [1.165, 1.54) is 25.1 Å². The van der Waals surface area contributed by atoms with E-state index in [1.807, 2.05) is 0 Å². The normalized spacial score (nSPS) is 10.7. The molecular weight excluding hydrogens is 340 g/mol. The first-order valence-electron chi connectivity index (χ1n) is 6.45. The van der Waals surface area contributed by atoms with Gasteiger partial charge in [-0.15, -0.1) is 0 Å². The van der Waals surface area contributed by atoms with E-state index in [9.17, 15) is 14.9 Å². The van der Waals surface area contributed by atoms with E-state index in [4.69, 9.17) is 11.6 Å². The topological polar surface area (TPSA) is 98.0 Å². The largest absolute Gasteiger partial charge is 0.319 e. The Morgan fingerprint density at radius 1 is 1.30 bits per heavy atom. The number of nitrogens with zero attached hydrogens (tertiary/aromatic N) is 3. The van der Waals surface area contributed by atoms with Crippen molar-refractivity contribution in [2.75, 3.05) is 5.32 Å². The van der Waals surface area contributed by atoms with Crippen molar-refractivity contribution < 1.29 is 9.72 Å². The fourth-order valence-electron chi connectivity index (χ4n) is 2.19. The number of carbonyl (C=O) groups excluding carboxylic acids is 1. The molecule has 2 aromatic carbocycles. The van der Waals surface area contributed by atoms with E-state index in [0.717, 1.165) is 11.7 Å². The Balaban J connectivity index is 2.02. The molecule has 0 fully saturated rings. The summed E-state index contributed by atoms with van der Waals surface area (Å²) in [6.45, 7) is 1.53. The van der Waals surface area contributed by atoms with Gasteiger partial charge in [-0.25, -0.2) is 0 Å². The highest BCUT2D eigenvalue weighted by molar-refractivity contribution is 7.00. The van der Waals surface area contributed by atoms with Gasteiger partial charge in [0.1, 0.15) is 11.0 Å². The molecule has 116 valence electrons. The van der Waals surface area contributed by atoms with E-state index >= 15 is 0 Å². The molecule has 3 aromatic rings. The van der Waals surface area contributed by atoms with E-state index in [2.05, 4.69) is 14.1 Å². The average Bonchev–Trinajstić information content (AvgIpc) is 2.98. The van der Waals surface area contributed by atoms with Crippen LogP contribution in [0.25, 0.3) is 11.0 Å². The van der Waals surface area contributed by atoms with Crippen LogP contribution in [0.3, 0.4) is 0 Å². The molecule has 0 aliphatic carbocycles. The third kappa shape index (κ3) is 2.73. The van der Waals surface area contributed by atoms with Gasteiger partial charge in [0.15, 0.2) is 0 Å². The monoisotopic (exact) mass is 348 g/mol. The summed E-state index contributed by atoms with van der Waals surface area (Å²) in [4.78, 5) is 23.0. The Morgan fingerprint density at radius 3 is 2.83 bits per heavy atom. The second kappa shape index (κ2) is 5.90. The number of nitro benzene ring substituents is 1. The van der Waals surface area contributed by atoms with Crippen LogP contribution in [0.4, 0.5) is 11.4 Å². The molecule has 0 spiro atoms. The lowest BCUT2D eigenvalue weighted by Crippen LogP contribution is -2.14. The molecule has 1 heterocycles. The Morgan fingerprint density at radius 2 is 2.09 bits per heavy atom. The van der Waals surface area contributed by atoms with Crippen LogP contribution in [0.5, 0.6) is 0 Å². The first-order chi connectivity index (χ1) is 11.0. The van der Waals surface area contributed by atoms with Crippen molar-refractivity contribution in [2.45, 2.75) is 6.92 Å². The number of rotatable bonds is 3. The lowest BCUT2D eigenvalue weighted by Gasteiger charge is -2.09. The minimum Gasteiger partial charge on any atom is -0.319 e. The van der Waals surface area contributed by atoms with Gasteiger partial charge in [0.25, 0.3) is 11.6 Å². The summed E-state index contributed by atoms with van der Waals surface area (Å²) >= 11 is 7.14. The number of benzene rings is 2. The highest BCUT2D eigenvalue weighted by atomic mass is 35.5. The molecule has 0 saturated heterocycles. The lowest BCUT2D eigenvalue weighted by molar-refractivity contribution is -0.385. The number of nitrogens with one attached hydrogen (secondary N) is 1. The number of aromatic nitrogens is 2. The van der Waals surface area contributed by atoms with Gasteiger partial charge in [-0.1, -0.05) is 17.7 Å². The standard InChI is InChI=1S/C14H9ClN4O3S/c1-7-8(3-2-4-11(7)19(21)22)14(20)16-12-9(15)5-6-10-13(12)18-23-17-10/h2-6H,1H3,(H,16,20). The van der Waals surface area contributed by atoms with Crippen molar-refractivity contribution in [2.24, 2.45) is 0 Å². The minimum atomic E-state index is -0.524. The Hall–Kier alpha value is -2.58. The molecule has 0 unspecified atom stereocenters. The van der Waals surface area contributed by atoms with Crippen LogP contribution in [-0.4, -0.2) is 19.6 Å². The van der Waals surface area contributed by atoms with Crippen molar-refractivity contribution in [3.05, 3.63) is 56.6 Å². The molecule has 9 heteroatoms. The van der Waals surface area contributed by atoms with Gasteiger partial charge in [0.05, 0.1) is 27.4 Å². The second-order valence-corrected chi connectivity index (χ2v) is 5.65. The van der Waals surface area contributed by atoms with Crippen LogP contribution < -0.4 is 5.32 Å². The number of carbonyl (C=O) groups is 1. The lowest BCUT2D eigenvalue weighted by atomic mass is 10.1. The molecule has 0 atom stereocenters. The summed E-state index contributed by atoms with van der Waals surface area (Å²) in [5.74, 6) is -0.492. The smallest absolute Gasteiger partial charge is 0.273 e. The minimum absolute atomic E-state index is 0.114. The maximum absolute atomic E-state index is 12.5. The Bertz CT molecular complexity index is 941. The van der Waals surface area contributed by atoms with Crippen LogP contribution in [0, 0.1) is 17.0 Å². The van der Waals surface area contributed by atoms with Crippen molar-refractivity contribution in [3.8, 4) is 0 Å². The predicted octanol–water partition coefficient (Wildman–Crippen LogP) is 3.81. The van der Waals surface area contributed by atoms with Crippen LogP contribution in [0.15, 0.2) is 30.3 Å². The summed E-state index contributed by atoms with van der Waals surface area (Å²) in [6.07, 6.45) is 0. The summed E-state index contributed by atoms with van der Waals surface area (Å²) in [5.41, 5.74) is 1.82. The summed E-state index contributed by atoms with van der Waals surface area (Å²) in [5, 5.41) is 14.0. The second-order valence-electron chi connectivity index (χ2n) is 4.72. The zero-order valence-electron chi connectivity index (χ0n) is 11.7. The maximum Gasteiger partial charge on any atom is 0.273 e. The SMILES string of the molecule is Cc1c(C(=O)Nc2c(Cl)ccc3nsnc23)cccc1[N+](=O)[O-]. The highest BCUT2D eigenvalue weighted by Gasteiger charge is 2.20. The zero-order valence-corrected chi connectivity index (χ0v) is 13.3. The van der Waals surface area contributed by atoms with Gasteiger partial charge in [0, 0.05) is 17.2 Å². The van der Waals surface area contributed by atoms with Crippen molar-refractivity contribution in [1.82, 2.24) is 8.75 Å². The highest BCUT2D eigenvalue weighted by Crippen LogP contribution is 2.31. The zero-order chi connectivity index (χ0) is 16.6. The number of anilines is 1. The van der Waals surface area contributed by atoms with Gasteiger partial charge in [-0.2, -0.15) is 8.75 Å². The van der Waals surface area contributed by atoms with Gasteiger partial charge < -0.3 is 5.32 Å². The molecule has 7 nitrogen and oxygen atoms in total. The van der Waals surface area contributed by atoms with Crippen molar-refractivity contribution in [1.29, 1.82) is 0 Å². The third-order valence-corrected chi connectivity index (χ3v) is 4.22. The van der Waals surface area contributed by atoms with E-state index < -0.39 is 10.8 Å². The number of fused-ring (bicyclic) bond motifs is 1. The van der Waals surface area contributed by atoms with Gasteiger partial charge >= 0.3 is 0 Å². The summed E-state index contributed by atoms with van der Waals surface area (Å²) < 4.78 is 8.20. The fraction of sp³-hybridized carbons (Fsp3) is 0.0714. The fourth-order valence-corrected chi connectivity index (χ4v) is 2.94. The first-order valence-corrected chi connectivity index (χ1v) is 7.56. The van der Waals surface area contributed by atoms with Crippen LogP contribution >= 0.6 is 23.3 Å². The molecule has 0 aliphatic heterocycles. The van der Waals surface area contributed by atoms with Gasteiger partial charge in [-0.3, -0.25) is 14.9 Å². The number of halogens is 1. The van der Waals surface area contributed by atoms with Crippen molar-refractivity contribution in [3.63, 3.8) is 0 Å². The Kier molecular flexibility index (Phi) is 3.93. The molecular formula is C14H9ClN4O3S. The molecule has 0 bridgehead atoms. The number of nitro groups is 1. The van der Waals surface area contributed by atoms with Crippen LogP contribution in [0.2, 0.25) is 5.02 Å². The van der Waals surface area contributed by atoms with Crippen LogP contribution in [-0.2, 0) is 0 Å². The van der Waals surface area contributed by atoms with E-state index in [1.54, 1.807) is 12.1 Å². The van der Waals surface area contributed by atoms with E-state index in [-0.39, 0.29) is 16.8 Å². The third-order valence-electron chi connectivity index (χ3n) is 3.36. The molecule has 23 heavy (non-hydrogen) atoms. The number of amides is 1. The first kappa shape index (κ1) is 15.3. The Labute approximate surface area is 139 Å². The molecule has 1 amide bonds. The predicted molar refractivity (Wildman–Crippen MR) is 88.2 cm³/mol. The number of hydrogen-bond donors (Lipinski definition) is 1. The van der Waals surface area contributed by atoms with Crippen LogP contribution in [0.1, 0.15) is 15.9 Å². The van der Waals surface area contributed by atoms with Gasteiger partial charge in [0.2, 0.25) is 0 Å². The quantitative estimate of drug-likeness (QED) is 0.573. The number of hydrogen-bond acceptors (Lipinski definition) is 6. The maximum atomic E-state index is 12.5. The van der Waals surface area contributed by atoms with E-state index in [0.29, 0.717) is 21.7 Å². The molecule has 1 aromatic heterocycles. The molecule has 1 N–H and O–H groups in total.